The third-order valence-corrected chi connectivity index (χ3v) is 9.00. The summed E-state index contributed by atoms with van der Waals surface area (Å²) in [6.45, 7) is 4.83. The molecule has 48 heavy (non-hydrogen) atoms. The second-order valence-corrected chi connectivity index (χ2v) is 15.3. The quantitative estimate of drug-likeness (QED) is 0.0336. The molecule has 0 bridgehead atoms. The van der Waals surface area contributed by atoms with Crippen molar-refractivity contribution in [1.29, 1.82) is 0 Å². The fraction of sp³-hybridized carbons (Fsp3) is 0.886. The van der Waals surface area contributed by atoms with E-state index in [0.717, 1.165) is 44.3 Å². The topological polar surface area (TPSA) is 142 Å². The summed E-state index contributed by atoms with van der Waals surface area (Å²) in [5, 5.41) is 8.34. The molecule has 0 radical (unpaired) electrons. The van der Waals surface area contributed by atoms with Crippen LogP contribution >= 0.6 is 7.82 Å². The van der Waals surface area contributed by atoms with Crippen molar-refractivity contribution in [3.63, 3.8) is 0 Å². The van der Waals surface area contributed by atoms with Crippen LogP contribution in [0.5, 0.6) is 0 Å². The minimum Gasteiger partial charge on any atom is -0.756 e. The molecule has 0 N–H and O–H groups in total. The molecule has 0 aromatic carbocycles. The zero-order valence-corrected chi connectivity index (χ0v) is 31.7. The number of carbonyl (C=O) groups is 2. The number of rotatable bonds is 32. The van der Waals surface area contributed by atoms with Crippen LogP contribution in [-0.4, -0.2) is 85.0 Å². The summed E-state index contributed by atoms with van der Waals surface area (Å²) in [5.41, 5.74) is 0.795. The molecule has 0 aliphatic rings. The maximum Gasteiger partial charge on any atom is 0.306 e. The number of aromatic nitrogens is 3. The number of likely N-dealkylation sites (N-methyl/N-ethyl adjacent to an activating group) is 1. The molecule has 1 aromatic heterocycles. The van der Waals surface area contributed by atoms with E-state index in [2.05, 4.69) is 24.2 Å². The molecule has 0 fully saturated rings. The first kappa shape index (κ1) is 44.2. The molecule has 1 aromatic rings. The van der Waals surface area contributed by atoms with Gasteiger partial charge in [-0.1, -0.05) is 109 Å². The average Bonchev–Trinajstić information content (AvgIpc) is 3.48. The van der Waals surface area contributed by atoms with Crippen molar-refractivity contribution in [3.05, 3.63) is 11.9 Å². The SMILES string of the molecule is CCCCCCCCCCCCCCC(=O)OC[C@H](COP(=O)([O-])OCC[N+](C)(C)C)OC(=O)CCCc1cn(CCCCCC)nn1. The maximum absolute atomic E-state index is 12.7. The number of hydrogen-bond donors (Lipinski definition) is 0. The Hall–Kier alpha value is -1.85. The van der Waals surface area contributed by atoms with Gasteiger partial charge < -0.3 is 27.9 Å². The minimum absolute atomic E-state index is 0.0495. The van der Waals surface area contributed by atoms with Gasteiger partial charge in [0.05, 0.1) is 33.4 Å². The van der Waals surface area contributed by atoms with Gasteiger partial charge in [0.25, 0.3) is 7.82 Å². The number of hydrogen-bond acceptors (Lipinski definition) is 10. The van der Waals surface area contributed by atoms with E-state index in [0.29, 0.717) is 23.9 Å². The van der Waals surface area contributed by atoms with Crippen LogP contribution in [0.4, 0.5) is 0 Å². The van der Waals surface area contributed by atoms with Crippen molar-refractivity contribution < 1.29 is 42.1 Å². The first-order valence-corrected chi connectivity index (χ1v) is 20.0. The van der Waals surface area contributed by atoms with Gasteiger partial charge in [-0.05, 0) is 25.7 Å². The maximum atomic E-state index is 12.7. The first-order valence-electron chi connectivity index (χ1n) is 18.6. The Morgan fingerprint density at radius 1 is 0.792 bits per heavy atom. The third kappa shape index (κ3) is 26.1. The highest BCUT2D eigenvalue weighted by Crippen LogP contribution is 2.38. The minimum atomic E-state index is -4.65. The Morgan fingerprint density at radius 3 is 1.96 bits per heavy atom. The molecule has 1 heterocycles. The summed E-state index contributed by atoms with van der Waals surface area (Å²) in [6.07, 6.45) is 21.1. The number of phosphoric acid groups is 1. The van der Waals surface area contributed by atoms with E-state index in [1.54, 1.807) is 0 Å². The van der Waals surface area contributed by atoms with Crippen LogP contribution in [0.2, 0.25) is 0 Å². The molecule has 0 amide bonds. The van der Waals surface area contributed by atoms with Crippen LogP contribution in [-0.2, 0) is 45.6 Å². The van der Waals surface area contributed by atoms with Gasteiger partial charge in [-0.3, -0.25) is 18.8 Å². The Balaban J connectivity index is 2.45. The highest BCUT2D eigenvalue weighted by atomic mass is 31.2. The van der Waals surface area contributed by atoms with Crippen LogP contribution in [0.3, 0.4) is 0 Å². The average molecular weight is 703 g/mol. The summed E-state index contributed by atoms with van der Waals surface area (Å²) < 4.78 is 35.5. The lowest BCUT2D eigenvalue weighted by molar-refractivity contribution is -0.870. The predicted molar refractivity (Wildman–Crippen MR) is 186 cm³/mol. The standard InChI is InChI=1S/C35H67N4O8P/c1-6-8-10-12-13-14-15-16-17-18-19-20-24-34(40)44-30-33(31-46-48(42,43)45-28-27-39(3,4)5)47-35(41)25-22-23-32-29-38(37-36-32)26-21-11-9-7-2/h29,33H,6-28,30-31H2,1-5H3/t33-/m1/s1. The summed E-state index contributed by atoms with van der Waals surface area (Å²) >= 11 is 0. The number of nitrogens with zero attached hydrogens (tertiary/aromatic N) is 4. The lowest BCUT2D eigenvalue weighted by Crippen LogP contribution is -2.37. The molecule has 0 aliphatic carbocycles. The van der Waals surface area contributed by atoms with E-state index in [1.807, 2.05) is 32.0 Å². The molecule has 12 nitrogen and oxygen atoms in total. The second kappa shape index (κ2) is 26.9. The van der Waals surface area contributed by atoms with E-state index in [9.17, 15) is 19.0 Å². The smallest absolute Gasteiger partial charge is 0.306 e. The van der Waals surface area contributed by atoms with Gasteiger partial charge in [0, 0.05) is 25.6 Å². The lowest BCUT2D eigenvalue weighted by atomic mass is 10.0. The number of quaternary nitrogens is 1. The van der Waals surface area contributed by atoms with Crippen LogP contribution in [0.15, 0.2) is 6.20 Å². The fourth-order valence-corrected chi connectivity index (χ4v) is 5.77. The van der Waals surface area contributed by atoms with Crippen LogP contribution in [0.1, 0.15) is 142 Å². The largest absolute Gasteiger partial charge is 0.756 e. The molecule has 1 rings (SSSR count). The van der Waals surface area contributed by atoms with Crippen molar-refractivity contribution in [3.8, 4) is 0 Å². The number of aryl methyl sites for hydroxylation is 2. The van der Waals surface area contributed by atoms with Crippen LogP contribution in [0, 0.1) is 0 Å². The Kier molecular flexibility index (Phi) is 24.8. The number of carbonyl (C=O) groups excluding carboxylic acids is 2. The molecule has 0 saturated carbocycles. The van der Waals surface area contributed by atoms with Gasteiger partial charge >= 0.3 is 11.9 Å². The van der Waals surface area contributed by atoms with E-state index >= 15 is 0 Å². The van der Waals surface area contributed by atoms with Gasteiger partial charge in [-0.25, -0.2) is 0 Å². The Morgan fingerprint density at radius 2 is 1.35 bits per heavy atom. The molecular formula is C35H67N4O8P. The number of esters is 2. The summed E-state index contributed by atoms with van der Waals surface area (Å²) in [7, 11) is 1.10. The van der Waals surface area contributed by atoms with Gasteiger partial charge in [0.1, 0.15) is 19.8 Å². The van der Waals surface area contributed by atoms with Crippen LogP contribution < -0.4 is 4.89 Å². The highest BCUT2D eigenvalue weighted by molar-refractivity contribution is 7.45. The highest BCUT2D eigenvalue weighted by Gasteiger charge is 2.22. The second-order valence-electron chi connectivity index (χ2n) is 13.9. The third-order valence-electron chi connectivity index (χ3n) is 8.03. The predicted octanol–water partition coefficient (Wildman–Crippen LogP) is 6.94. The molecule has 0 aliphatic heterocycles. The molecule has 2 atom stereocenters. The molecule has 280 valence electrons. The van der Waals surface area contributed by atoms with Gasteiger partial charge in [-0.15, -0.1) is 5.10 Å². The Labute approximate surface area is 290 Å². The molecule has 0 spiro atoms. The van der Waals surface area contributed by atoms with E-state index in [4.69, 9.17) is 18.5 Å². The molecule has 0 saturated heterocycles. The first-order chi connectivity index (χ1) is 22.9. The van der Waals surface area contributed by atoms with Gasteiger partial charge in [0.2, 0.25) is 0 Å². The summed E-state index contributed by atoms with van der Waals surface area (Å²) in [5.74, 6) is -0.954. The fourth-order valence-electron chi connectivity index (χ4n) is 5.04. The van der Waals surface area contributed by atoms with Crippen molar-refractivity contribution in [1.82, 2.24) is 15.0 Å². The van der Waals surface area contributed by atoms with Crippen molar-refractivity contribution in [2.24, 2.45) is 0 Å². The number of phosphoric ester groups is 1. The monoisotopic (exact) mass is 702 g/mol. The summed E-state index contributed by atoms with van der Waals surface area (Å²) in [4.78, 5) is 37.4. The van der Waals surface area contributed by atoms with E-state index in [1.165, 1.54) is 70.6 Å². The zero-order valence-electron chi connectivity index (χ0n) is 30.8. The molecule has 1 unspecified atom stereocenters. The van der Waals surface area contributed by atoms with Crippen molar-refractivity contribution in [2.45, 2.75) is 155 Å². The Bertz CT molecular complexity index is 1020. The zero-order chi connectivity index (χ0) is 35.5. The summed E-state index contributed by atoms with van der Waals surface area (Å²) in [6, 6.07) is 0. The number of ether oxygens (including phenoxy) is 2. The van der Waals surface area contributed by atoms with E-state index in [-0.39, 0.29) is 26.1 Å². The lowest BCUT2D eigenvalue weighted by Gasteiger charge is -2.28. The van der Waals surface area contributed by atoms with Crippen LogP contribution in [0.25, 0.3) is 0 Å². The number of unbranched alkanes of at least 4 members (excludes halogenated alkanes) is 14. The van der Waals surface area contributed by atoms with E-state index < -0.39 is 32.5 Å². The normalized spacial score (nSPS) is 13.7. The molecule has 13 heteroatoms. The van der Waals surface area contributed by atoms with Crippen molar-refractivity contribution >= 4 is 19.8 Å². The molecular weight excluding hydrogens is 635 g/mol. The van der Waals surface area contributed by atoms with Gasteiger partial charge in [-0.2, -0.15) is 0 Å². The van der Waals surface area contributed by atoms with Crippen molar-refractivity contribution in [2.75, 3.05) is 47.5 Å². The van der Waals surface area contributed by atoms with Gasteiger partial charge in [0.15, 0.2) is 6.10 Å².